The molecule has 0 radical (unpaired) electrons. The van der Waals surface area contributed by atoms with Crippen molar-refractivity contribution < 1.29 is 14.7 Å². The third kappa shape index (κ3) is 4.95. The summed E-state index contributed by atoms with van der Waals surface area (Å²) in [4.78, 5) is 23.5. The van der Waals surface area contributed by atoms with Crippen molar-refractivity contribution in [3.63, 3.8) is 0 Å². The lowest BCUT2D eigenvalue weighted by Crippen LogP contribution is -2.37. The standard InChI is InChI=1S/C19H21NO3/c1-14(16-10-6-3-7-11-16)17(12-18(21)22)19(23)20-13-15-8-4-2-5-9-15/h2-11,14,17H,12-13H2,1H3,(H,20,23)(H,21,22)/p-1/t14-,17+/m1/s1. The number of amides is 1. The average Bonchev–Trinajstić information content (AvgIpc) is 2.58. The van der Waals surface area contributed by atoms with Gasteiger partial charge in [0, 0.05) is 18.4 Å². The molecule has 0 aliphatic carbocycles. The van der Waals surface area contributed by atoms with E-state index < -0.39 is 11.9 Å². The van der Waals surface area contributed by atoms with Crippen LogP contribution in [0.15, 0.2) is 60.7 Å². The smallest absolute Gasteiger partial charge is 0.224 e. The number of aliphatic carboxylic acids is 1. The summed E-state index contributed by atoms with van der Waals surface area (Å²) in [6.45, 7) is 2.25. The molecule has 0 unspecified atom stereocenters. The second kappa shape index (κ2) is 8.13. The van der Waals surface area contributed by atoms with E-state index in [1.165, 1.54) is 0 Å². The maximum atomic E-state index is 12.5. The van der Waals surface area contributed by atoms with Gasteiger partial charge in [0.05, 0.1) is 0 Å². The van der Waals surface area contributed by atoms with Crippen molar-refractivity contribution in [3.8, 4) is 0 Å². The number of carboxylic acid groups (broad SMARTS) is 1. The van der Waals surface area contributed by atoms with Crippen molar-refractivity contribution in [1.82, 2.24) is 5.32 Å². The average molecular weight is 310 g/mol. The highest BCUT2D eigenvalue weighted by Crippen LogP contribution is 2.27. The van der Waals surface area contributed by atoms with Gasteiger partial charge in [0.25, 0.3) is 0 Å². The molecule has 2 rings (SSSR count). The predicted octanol–water partition coefficient (Wildman–Crippen LogP) is 1.86. The van der Waals surface area contributed by atoms with Gasteiger partial charge in [-0.05, 0) is 23.5 Å². The molecule has 0 aliphatic rings. The van der Waals surface area contributed by atoms with Crippen LogP contribution < -0.4 is 10.4 Å². The SMILES string of the molecule is C[C@H](c1ccccc1)[C@H](CC(=O)[O-])C(=O)NCc1ccccc1. The zero-order chi connectivity index (χ0) is 16.7. The number of rotatable bonds is 7. The maximum absolute atomic E-state index is 12.5. The molecule has 2 aromatic rings. The molecular formula is C19H20NO3-. The predicted molar refractivity (Wildman–Crippen MR) is 86.3 cm³/mol. The van der Waals surface area contributed by atoms with Crippen LogP contribution in [0.4, 0.5) is 0 Å². The topological polar surface area (TPSA) is 69.2 Å². The molecule has 23 heavy (non-hydrogen) atoms. The first-order valence-corrected chi connectivity index (χ1v) is 7.64. The Morgan fingerprint density at radius 2 is 1.57 bits per heavy atom. The molecule has 2 aromatic carbocycles. The Hall–Kier alpha value is -2.62. The number of carbonyl (C=O) groups excluding carboxylic acids is 2. The van der Waals surface area contributed by atoms with Gasteiger partial charge in [-0.1, -0.05) is 67.6 Å². The van der Waals surface area contributed by atoms with Crippen LogP contribution in [-0.2, 0) is 16.1 Å². The minimum atomic E-state index is -1.22. The zero-order valence-corrected chi connectivity index (χ0v) is 13.1. The molecule has 0 aromatic heterocycles. The number of hydrogen-bond acceptors (Lipinski definition) is 3. The first-order valence-electron chi connectivity index (χ1n) is 7.64. The van der Waals surface area contributed by atoms with Crippen LogP contribution in [0.3, 0.4) is 0 Å². The first kappa shape index (κ1) is 16.7. The van der Waals surface area contributed by atoms with E-state index in [-0.39, 0.29) is 18.2 Å². The van der Waals surface area contributed by atoms with Crippen molar-refractivity contribution in [2.45, 2.75) is 25.8 Å². The summed E-state index contributed by atoms with van der Waals surface area (Å²) in [5, 5.41) is 13.9. The van der Waals surface area contributed by atoms with E-state index in [1.54, 1.807) is 0 Å². The Labute approximate surface area is 136 Å². The van der Waals surface area contributed by atoms with Crippen molar-refractivity contribution in [2.75, 3.05) is 0 Å². The minimum Gasteiger partial charge on any atom is -0.550 e. The highest BCUT2D eigenvalue weighted by atomic mass is 16.4. The molecule has 4 nitrogen and oxygen atoms in total. The molecule has 1 amide bonds. The normalized spacial score (nSPS) is 13.1. The molecule has 0 saturated heterocycles. The summed E-state index contributed by atoms with van der Waals surface area (Å²) >= 11 is 0. The Kier molecular flexibility index (Phi) is 5.92. The van der Waals surface area contributed by atoms with Crippen LogP contribution in [0, 0.1) is 5.92 Å². The fourth-order valence-electron chi connectivity index (χ4n) is 2.58. The van der Waals surface area contributed by atoms with E-state index in [0.717, 1.165) is 11.1 Å². The summed E-state index contributed by atoms with van der Waals surface area (Å²) in [7, 11) is 0. The molecule has 0 saturated carbocycles. The van der Waals surface area contributed by atoms with E-state index in [0.29, 0.717) is 6.54 Å². The molecule has 0 aliphatic heterocycles. The van der Waals surface area contributed by atoms with E-state index in [2.05, 4.69) is 5.32 Å². The summed E-state index contributed by atoms with van der Waals surface area (Å²) in [6, 6.07) is 19.0. The third-order valence-electron chi connectivity index (χ3n) is 3.96. The number of nitrogens with one attached hydrogen (secondary N) is 1. The number of benzene rings is 2. The van der Waals surface area contributed by atoms with Crippen LogP contribution in [0.5, 0.6) is 0 Å². The van der Waals surface area contributed by atoms with Crippen LogP contribution in [0.25, 0.3) is 0 Å². The molecule has 2 atom stereocenters. The van der Waals surface area contributed by atoms with Crippen molar-refractivity contribution in [2.24, 2.45) is 5.92 Å². The van der Waals surface area contributed by atoms with Gasteiger partial charge in [-0.15, -0.1) is 0 Å². The van der Waals surface area contributed by atoms with E-state index in [9.17, 15) is 14.7 Å². The molecule has 4 heteroatoms. The lowest BCUT2D eigenvalue weighted by atomic mass is 9.84. The number of carboxylic acids is 1. The number of hydrogen-bond donors (Lipinski definition) is 1. The van der Waals surface area contributed by atoms with Crippen molar-refractivity contribution >= 4 is 11.9 Å². The van der Waals surface area contributed by atoms with Gasteiger partial charge in [0.2, 0.25) is 5.91 Å². The van der Waals surface area contributed by atoms with E-state index >= 15 is 0 Å². The lowest BCUT2D eigenvalue weighted by molar-refractivity contribution is -0.306. The third-order valence-corrected chi connectivity index (χ3v) is 3.96. The summed E-state index contributed by atoms with van der Waals surface area (Å²) in [5.41, 5.74) is 1.91. The van der Waals surface area contributed by atoms with E-state index in [4.69, 9.17) is 0 Å². The van der Waals surface area contributed by atoms with Gasteiger partial charge in [0.1, 0.15) is 0 Å². The van der Waals surface area contributed by atoms with Gasteiger partial charge in [0.15, 0.2) is 0 Å². The fourth-order valence-corrected chi connectivity index (χ4v) is 2.58. The quantitative estimate of drug-likeness (QED) is 0.848. The lowest BCUT2D eigenvalue weighted by Gasteiger charge is -2.24. The highest BCUT2D eigenvalue weighted by Gasteiger charge is 2.26. The van der Waals surface area contributed by atoms with E-state index in [1.807, 2.05) is 67.6 Å². The second-order valence-corrected chi connectivity index (χ2v) is 5.59. The monoisotopic (exact) mass is 310 g/mol. The Morgan fingerprint density at radius 1 is 1.00 bits per heavy atom. The minimum absolute atomic E-state index is 0.204. The first-order chi connectivity index (χ1) is 11.1. The van der Waals surface area contributed by atoms with Gasteiger partial charge in [-0.3, -0.25) is 4.79 Å². The Balaban J connectivity index is 2.07. The van der Waals surface area contributed by atoms with Crippen LogP contribution in [-0.4, -0.2) is 11.9 Å². The molecule has 0 heterocycles. The Bertz CT molecular complexity index is 640. The molecule has 0 fully saturated rings. The molecule has 0 spiro atoms. The van der Waals surface area contributed by atoms with Gasteiger partial charge < -0.3 is 15.2 Å². The fraction of sp³-hybridized carbons (Fsp3) is 0.263. The van der Waals surface area contributed by atoms with Crippen LogP contribution in [0.2, 0.25) is 0 Å². The van der Waals surface area contributed by atoms with Gasteiger partial charge in [-0.25, -0.2) is 0 Å². The molecule has 120 valence electrons. The van der Waals surface area contributed by atoms with Gasteiger partial charge >= 0.3 is 0 Å². The maximum Gasteiger partial charge on any atom is 0.224 e. The van der Waals surface area contributed by atoms with Gasteiger partial charge in [-0.2, -0.15) is 0 Å². The van der Waals surface area contributed by atoms with Crippen LogP contribution in [0.1, 0.15) is 30.4 Å². The largest absolute Gasteiger partial charge is 0.550 e. The second-order valence-electron chi connectivity index (χ2n) is 5.59. The molecule has 0 bridgehead atoms. The molecular weight excluding hydrogens is 290 g/mol. The van der Waals surface area contributed by atoms with Crippen molar-refractivity contribution in [3.05, 3.63) is 71.8 Å². The van der Waals surface area contributed by atoms with Crippen LogP contribution >= 0.6 is 0 Å². The summed E-state index contributed by atoms with van der Waals surface area (Å²) in [6.07, 6.45) is -0.295. The Morgan fingerprint density at radius 3 is 2.13 bits per heavy atom. The molecule has 1 N–H and O–H groups in total. The highest BCUT2D eigenvalue weighted by molar-refractivity contribution is 5.83. The summed E-state index contributed by atoms with van der Waals surface area (Å²) < 4.78 is 0. The zero-order valence-electron chi connectivity index (χ0n) is 13.1. The van der Waals surface area contributed by atoms with Crippen molar-refractivity contribution in [1.29, 1.82) is 0 Å². The summed E-state index contributed by atoms with van der Waals surface area (Å²) in [5.74, 6) is -2.35. The number of carbonyl (C=O) groups is 2.